The van der Waals surface area contributed by atoms with Gasteiger partial charge in [0.2, 0.25) is 0 Å². The van der Waals surface area contributed by atoms with Gasteiger partial charge in [0.05, 0.1) is 0 Å². The lowest BCUT2D eigenvalue weighted by Gasteiger charge is -2.28. The first-order chi connectivity index (χ1) is 9.57. The van der Waals surface area contributed by atoms with Crippen molar-refractivity contribution in [2.24, 2.45) is 0 Å². The third kappa shape index (κ3) is 5.23. The molecule has 0 fully saturated rings. The van der Waals surface area contributed by atoms with Crippen LogP contribution in [0.1, 0.15) is 58.2 Å². The van der Waals surface area contributed by atoms with E-state index in [1.807, 2.05) is 11.8 Å². The molecule has 0 spiro atoms. The van der Waals surface area contributed by atoms with Gasteiger partial charge >= 0.3 is 0 Å². The average Bonchev–Trinajstić information content (AvgIpc) is 2.33. The van der Waals surface area contributed by atoms with Gasteiger partial charge in [-0.15, -0.1) is 0 Å². The van der Waals surface area contributed by atoms with Crippen LogP contribution in [0.2, 0.25) is 0 Å². The summed E-state index contributed by atoms with van der Waals surface area (Å²) in [6.45, 7) is 14.8. The number of rotatable bonds is 5. The van der Waals surface area contributed by atoms with Crippen LogP contribution in [-0.2, 0) is 17.4 Å². The van der Waals surface area contributed by atoms with Crippen molar-refractivity contribution in [2.75, 3.05) is 18.6 Å². The number of thioether (sulfide) groups is 1. The topological polar surface area (TPSA) is 32.3 Å². The molecule has 1 aromatic carbocycles. The zero-order valence-electron chi connectivity index (χ0n) is 14.6. The van der Waals surface area contributed by atoms with Crippen LogP contribution in [0.25, 0.3) is 0 Å². The van der Waals surface area contributed by atoms with E-state index in [2.05, 4.69) is 65.2 Å². The molecule has 0 aliphatic carbocycles. The fourth-order valence-electron chi connectivity index (χ4n) is 2.35. The monoisotopic (exact) mass is 309 g/mol. The second-order valence-corrected chi connectivity index (χ2v) is 8.69. The lowest BCUT2D eigenvalue weighted by molar-refractivity contribution is 0.422. The minimum atomic E-state index is -0.0562. The number of hydrogen-bond acceptors (Lipinski definition) is 3. The van der Waals surface area contributed by atoms with E-state index in [0.717, 1.165) is 30.0 Å². The van der Waals surface area contributed by atoms with Gasteiger partial charge in [-0.3, -0.25) is 0 Å². The second kappa shape index (κ2) is 7.06. The molecule has 0 bridgehead atoms. The first-order valence-electron chi connectivity index (χ1n) is 7.64. The maximum Gasteiger partial charge on any atom is 0.123 e. The molecule has 0 unspecified atom stereocenters. The van der Waals surface area contributed by atoms with Crippen LogP contribution >= 0.6 is 11.8 Å². The lowest BCUT2D eigenvalue weighted by atomic mass is 9.78. The molecule has 0 aliphatic rings. The molecule has 0 aromatic heterocycles. The van der Waals surface area contributed by atoms with Gasteiger partial charge in [-0.05, 0) is 33.8 Å². The van der Waals surface area contributed by atoms with E-state index in [-0.39, 0.29) is 10.8 Å². The van der Waals surface area contributed by atoms with Crippen molar-refractivity contribution in [3.63, 3.8) is 0 Å². The Morgan fingerprint density at radius 2 is 1.48 bits per heavy atom. The minimum Gasteiger partial charge on any atom is -0.507 e. The Hall–Kier alpha value is -0.670. The van der Waals surface area contributed by atoms with Crippen LogP contribution < -0.4 is 5.32 Å². The third-order valence-corrected chi connectivity index (χ3v) is 4.21. The van der Waals surface area contributed by atoms with E-state index in [9.17, 15) is 5.11 Å². The molecule has 1 aromatic rings. The first-order valence-corrected chi connectivity index (χ1v) is 9.03. The van der Waals surface area contributed by atoms with Crippen molar-refractivity contribution in [3.05, 3.63) is 28.8 Å². The van der Waals surface area contributed by atoms with E-state index < -0.39 is 0 Å². The Labute approximate surface area is 134 Å². The zero-order valence-corrected chi connectivity index (χ0v) is 15.4. The molecule has 2 nitrogen and oxygen atoms in total. The maximum atomic E-state index is 10.7. The standard InChI is InChI=1S/C18H31NOS/c1-17(2,3)14-10-13(12-19-8-9-21-7)11-15(16(14)20)18(4,5)6/h10-11,19-20H,8-9,12H2,1-7H3. The quantitative estimate of drug-likeness (QED) is 0.789. The van der Waals surface area contributed by atoms with Crippen molar-refractivity contribution in [2.45, 2.75) is 58.9 Å². The van der Waals surface area contributed by atoms with Crippen LogP contribution in [0, 0.1) is 0 Å². The normalized spacial score (nSPS) is 12.7. The molecule has 0 radical (unpaired) electrons. The summed E-state index contributed by atoms with van der Waals surface area (Å²) in [7, 11) is 0. The van der Waals surface area contributed by atoms with E-state index in [4.69, 9.17) is 0 Å². The molecule has 1 rings (SSSR count). The molecular formula is C18H31NOS. The van der Waals surface area contributed by atoms with Gasteiger partial charge in [-0.25, -0.2) is 0 Å². The zero-order chi connectivity index (χ0) is 16.3. The summed E-state index contributed by atoms with van der Waals surface area (Å²) in [6, 6.07) is 4.30. The molecule has 0 heterocycles. The van der Waals surface area contributed by atoms with E-state index in [1.165, 1.54) is 5.56 Å². The third-order valence-electron chi connectivity index (χ3n) is 3.60. The summed E-state index contributed by atoms with van der Waals surface area (Å²) in [6.07, 6.45) is 2.12. The number of phenols is 1. The minimum absolute atomic E-state index is 0.0562. The summed E-state index contributed by atoms with van der Waals surface area (Å²) in [5.74, 6) is 1.58. The van der Waals surface area contributed by atoms with Crippen molar-refractivity contribution in [1.29, 1.82) is 0 Å². The predicted molar refractivity (Wildman–Crippen MR) is 95.6 cm³/mol. The highest BCUT2D eigenvalue weighted by Crippen LogP contribution is 2.39. The smallest absolute Gasteiger partial charge is 0.123 e. The summed E-state index contributed by atoms with van der Waals surface area (Å²) >= 11 is 1.85. The molecular weight excluding hydrogens is 278 g/mol. The predicted octanol–water partition coefficient (Wildman–Crippen LogP) is 4.44. The van der Waals surface area contributed by atoms with Crippen LogP contribution in [-0.4, -0.2) is 23.7 Å². The van der Waals surface area contributed by atoms with Gasteiger partial charge in [0, 0.05) is 18.8 Å². The molecule has 0 saturated heterocycles. The van der Waals surface area contributed by atoms with Crippen molar-refractivity contribution < 1.29 is 5.11 Å². The maximum absolute atomic E-state index is 10.7. The first kappa shape index (κ1) is 18.4. The summed E-state index contributed by atoms with van der Waals surface area (Å²) in [5, 5.41) is 14.1. The number of aromatic hydroxyl groups is 1. The van der Waals surface area contributed by atoms with E-state index in [1.54, 1.807) is 0 Å². The molecule has 2 N–H and O–H groups in total. The lowest BCUT2D eigenvalue weighted by Crippen LogP contribution is -2.21. The van der Waals surface area contributed by atoms with Crippen molar-refractivity contribution >= 4 is 11.8 Å². The summed E-state index contributed by atoms with van der Waals surface area (Å²) < 4.78 is 0. The highest BCUT2D eigenvalue weighted by Gasteiger charge is 2.26. The van der Waals surface area contributed by atoms with Gasteiger partial charge in [0.15, 0.2) is 0 Å². The fourth-order valence-corrected chi connectivity index (χ4v) is 2.70. The highest BCUT2D eigenvalue weighted by atomic mass is 32.2. The van der Waals surface area contributed by atoms with E-state index in [0.29, 0.717) is 5.75 Å². The van der Waals surface area contributed by atoms with E-state index >= 15 is 0 Å². The summed E-state index contributed by atoms with van der Waals surface area (Å²) in [4.78, 5) is 0. The number of phenolic OH excluding ortho intramolecular Hbond substituents is 1. The molecule has 120 valence electrons. The Bertz CT molecular complexity index is 434. The molecule has 21 heavy (non-hydrogen) atoms. The van der Waals surface area contributed by atoms with Gasteiger partial charge < -0.3 is 10.4 Å². The number of benzene rings is 1. The number of hydrogen-bond donors (Lipinski definition) is 2. The molecule has 0 atom stereocenters. The highest BCUT2D eigenvalue weighted by molar-refractivity contribution is 7.98. The van der Waals surface area contributed by atoms with Gasteiger partial charge in [-0.1, -0.05) is 53.7 Å². The Kier molecular flexibility index (Phi) is 6.18. The largest absolute Gasteiger partial charge is 0.507 e. The van der Waals surface area contributed by atoms with Crippen molar-refractivity contribution in [1.82, 2.24) is 5.32 Å². The SMILES string of the molecule is CSCCNCc1cc(C(C)(C)C)c(O)c(C(C)(C)C)c1. The molecule has 0 aliphatic heterocycles. The second-order valence-electron chi connectivity index (χ2n) is 7.71. The van der Waals surface area contributed by atoms with Gasteiger partial charge in [0.1, 0.15) is 5.75 Å². The number of nitrogens with one attached hydrogen (secondary N) is 1. The molecule has 3 heteroatoms. The van der Waals surface area contributed by atoms with Crippen LogP contribution in [0.5, 0.6) is 5.75 Å². The fraction of sp³-hybridized carbons (Fsp3) is 0.667. The van der Waals surface area contributed by atoms with Crippen LogP contribution in [0.3, 0.4) is 0 Å². The molecule has 0 amide bonds. The Morgan fingerprint density at radius 3 is 1.86 bits per heavy atom. The van der Waals surface area contributed by atoms with Gasteiger partial charge in [-0.2, -0.15) is 11.8 Å². The molecule has 0 saturated carbocycles. The van der Waals surface area contributed by atoms with Crippen molar-refractivity contribution in [3.8, 4) is 5.75 Å². The summed E-state index contributed by atoms with van der Waals surface area (Å²) in [5.41, 5.74) is 3.22. The Balaban J connectivity index is 3.15. The average molecular weight is 310 g/mol. The van der Waals surface area contributed by atoms with Crippen LogP contribution in [0.4, 0.5) is 0 Å². The van der Waals surface area contributed by atoms with Crippen LogP contribution in [0.15, 0.2) is 12.1 Å². The Morgan fingerprint density at radius 1 is 1.00 bits per heavy atom. The van der Waals surface area contributed by atoms with Gasteiger partial charge in [0.25, 0.3) is 0 Å².